The Morgan fingerprint density at radius 2 is 2.23 bits per heavy atom. The number of ether oxygens (including phenoxy) is 1. The molecule has 1 aromatic carbocycles. The number of fused-ring (bicyclic) bond motifs is 1. The summed E-state index contributed by atoms with van der Waals surface area (Å²) in [6.07, 6.45) is 2.72. The molecule has 7 atom stereocenters. The number of hydrogen-bond acceptors (Lipinski definition) is 6. The summed E-state index contributed by atoms with van der Waals surface area (Å²) in [7, 11) is 1.44. The number of hydrogen-bond donors (Lipinski definition) is 3. The van der Waals surface area contributed by atoms with Crippen molar-refractivity contribution < 1.29 is 19.8 Å². The highest BCUT2D eigenvalue weighted by atomic mass is 16.5. The van der Waals surface area contributed by atoms with E-state index in [0.717, 1.165) is 16.8 Å². The van der Waals surface area contributed by atoms with Crippen LogP contribution in [0.15, 0.2) is 35.9 Å². The summed E-state index contributed by atoms with van der Waals surface area (Å²) in [5.41, 5.74) is 2.55. The van der Waals surface area contributed by atoms with Gasteiger partial charge in [-0.05, 0) is 30.9 Å². The van der Waals surface area contributed by atoms with E-state index in [4.69, 9.17) is 4.74 Å². The number of aliphatic hydroxyl groups is 1. The Hall–Kier alpha value is -1.89. The van der Waals surface area contributed by atoms with Crippen LogP contribution in [0, 0.1) is 17.8 Å². The van der Waals surface area contributed by atoms with Crippen molar-refractivity contribution in [3.63, 3.8) is 0 Å². The lowest BCUT2D eigenvalue weighted by Gasteiger charge is -2.68. The lowest BCUT2D eigenvalue weighted by atomic mass is 9.42. The molecule has 0 radical (unpaired) electrons. The molecule has 4 bridgehead atoms. The minimum absolute atomic E-state index is 0.0258. The lowest BCUT2D eigenvalue weighted by Crippen LogP contribution is -2.79. The smallest absolute Gasteiger partial charge is 0.310 e. The zero-order chi connectivity index (χ0) is 18.2. The van der Waals surface area contributed by atoms with Crippen molar-refractivity contribution in [1.29, 1.82) is 0 Å². The fourth-order valence-corrected chi connectivity index (χ4v) is 6.71. The second-order valence-electron chi connectivity index (χ2n) is 7.91. The SMILES string of the molecule is C/C=C1\[C@H]2C[C@H]3C4Nc5ccccc5[C@@]4([C@@H]2C(=O)OC)[C@@H](CO)[C@H]1N3O. The van der Waals surface area contributed by atoms with Gasteiger partial charge in [0.2, 0.25) is 0 Å². The van der Waals surface area contributed by atoms with Gasteiger partial charge >= 0.3 is 5.97 Å². The zero-order valence-electron chi connectivity index (χ0n) is 14.9. The summed E-state index contributed by atoms with van der Waals surface area (Å²) in [5, 5.41) is 26.4. The summed E-state index contributed by atoms with van der Waals surface area (Å²) >= 11 is 0. The van der Waals surface area contributed by atoms with Crippen molar-refractivity contribution in [2.24, 2.45) is 17.8 Å². The summed E-state index contributed by atoms with van der Waals surface area (Å²) in [5.74, 6) is -0.840. The highest BCUT2D eigenvalue weighted by Crippen LogP contribution is 2.67. The van der Waals surface area contributed by atoms with Gasteiger partial charge in [-0.2, -0.15) is 5.06 Å². The van der Waals surface area contributed by atoms with Crippen molar-refractivity contribution in [3.05, 3.63) is 41.5 Å². The molecule has 2 aliphatic carbocycles. The predicted molar refractivity (Wildman–Crippen MR) is 94.7 cm³/mol. The van der Waals surface area contributed by atoms with Crippen LogP contribution in [0.4, 0.5) is 5.69 Å². The Kier molecular flexibility index (Phi) is 3.33. The molecule has 3 N–H and O–H groups in total. The monoisotopic (exact) mass is 356 g/mol. The molecule has 0 aromatic heterocycles. The Morgan fingerprint density at radius 3 is 2.92 bits per heavy atom. The van der Waals surface area contributed by atoms with Crippen LogP contribution in [0.1, 0.15) is 18.9 Å². The topological polar surface area (TPSA) is 82.0 Å². The maximum atomic E-state index is 13.0. The van der Waals surface area contributed by atoms with Gasteiger partial charge in [-0.15, -0.1) is 0 Å². The normalized spacial score (nSPS) is 43.9. The fraction of sp³-hybridized carbons (Fsp3) is 0.550. The highest BCUT2D eigenvalue weighted by molar-refractivity contribution is 5.81. The Labute approximate surface area is 152 Å². The lowest BCUT2D eigenvalue weighted by molar-refractivity contribution is -0.257. The van der Waals surface area contributed by atoms with Gasteiger partial charge < -0.3 is 20.4 Å². The number of para-hydroxylation sites is 1. The van der Waals surface area contributed by atoms with Gasteiger partial charge in [0.15, 0.2) is 0 Å². The number of nitrogens with zero attached hydrogens (tertiary/aromatic N) is 1. The van der Waals surface area contributed by atoms with E-state index in [1.54, 1.807) is 0 Å². The van der Waals surface area contributed by atoms with Crippen molar-refractivity contribution in [1.82, 2.24) is 5.06 Å². The van der Waals surface area contributed by atoms with E-state index in [-0.39, 0.29) is 48.5 Å². The van der Waals surface area contributed by atoms with Gasteiger partial charge in [-0.1, -0.05) is 29.8 Å². The molecule has 6 heteroatoms. The van der Waals surface area contributed by atoms with Crippen LogP contribution in [-0.2, 0) is 14.9 Å². The van der Waals surface area contributed by atoms with Gasteiger partial charge in [0.05, 0.1) is 31.2 Å². The molecule has 3 aliphatic heterocycles. The van der Waals surface area contributed by atoms with Crippen LogP contribution in [0.25, 0.3) is 0 Å². The predicted octanol–water partition coefficient (Wildman–Crippen LogP) is 1.54. The van der Waals surface area contributed by atoms with E-state index in [2.05, 4.69) is 11.4 Å². The van der Waals surface area contributed by atoms with Gasteiger partial charge in [0.1, 0.15) is 0 Å². The number of rotatable bonds is 2. The number of allylic oxidation sites excluding steroid dienone is 1. The van der Waals surface area contributed by atoms with E-state index in [1.807, 2.05) is 31.2 Å². The number of methoxy groups -OCH3 is 1. The molecule has 5 aliphatic rings. The summed E-state index contributed by atoms with van der Waals surface area (Å²) in [4.78, 5) is 13.0. The molecular weight excluding hydrogens is 332 g/mol. The molecule has 1 aromatic rings. The number of aliphatic hydroxyl groups excluding tert-OH is 1. The van der Waals surface area contributed by atoms with E-state index >= 15 is 0 Å². The fourth-order valence-electron chi connectivity index (χ4n) is 6.71. The molecule has 1 spiro atoms. The van der Waals surface area contributed by atoms with E-state index < -0.39 is 5.41 Å². The zero-order valence-corrected chi connectivity index (χ0v) is 14.9. The molecule has 1 unspecified atom stereocenters. The first-order valence-electron chi connectivity index (χ1n) is 9.29. The second-order valence-corrected chi connectivity index (χ2v) is 7.91. The van der Waals surface area contributed by atoms with Gasteiger partial charge in [-0.25, -0.2) is 0 Å². The largest absolute Gasteiger partial charge is 0.469 e. The molecule has 6 rings (SSSR count). The van der Waals surface area contributed by atoms with Crippen LogP contribution in [0.2, 0.25) is 0 Å². The van der Waals surface area contributed by atoms with Crippen molar-refractivity contribution in [3.8, 4) is 0 Å². The third-order valence-corrected chi connectivity index (χ3v) is 7.39. The second kappa shape index (κ2) is 5.31. The highest BCUT2D eigenvalue weighted by Gasteiger charge is 2.75. The first-order chi connectivity index (χ1) is 12.6. The van der Waals surface area contributed by atoms with Gasteiger partial charge in [0, 0.05) is 23.6 Å². The number of anilines is 1. The maximum absolute atomic E-state index is 13.0. The molecular formula is C20H24N2O4. The van der Waals surface area contributed by atoms with Crippen LogP contribution in [0.5, 0.6) is 0 Å². The van der Waals surface area contributed by atoms with Crippen LogP contribution in [0.3, 0.4) is 0 Å². The third-order valence-electron chi connectivity index (χ3n) is 7.39. The average molecular weight is 356 g/mol. The summed E-state index contributed by atoms with van der Waals surface area (Å²) in [6.45, 7) is 1.85. The van der Waals surface area contributed by atoms with Gasteiger partial charge in [-0.3, -0.25) is 4.79 Å². The number of piperidine rings is 2. The molecule has 3 heterocycles. The van der Waals surface area contributed by atoms with Crippen LogP contribution < -0.4 is 5.32 Å². The molecule has 4 fully saturated rings. The molecule has 2 saturated heterocycles. The Morgan fingerprint density at radius 1 is 1.46 bits per heavy atom. The molecule has 0 amide bonds. The first-order valence-corrected chi connectivity index (χ1v) is 9.29. The molecule has 26 heavy (non-hydrogen) atoms. The van der Waals surface area contributed by atoms with E-state index in [9.17, 15) is 15.1 Å². The number of carbonyl (C=O) groups is 1. The van der Waals surface area contributed by atoms with Crippen molar-refractivity contribution in [2.45, 2.75) is 36.9 Å². The third kappa shape index (κ3) is 1.57. The van der Waals surface area contributed by atoms with Gasteiger partial charge in [0.25, 0.3) is 0 Å². The number of benzene rings is 1. The standard InChI is InChI=1S/C20H24N2O4/c1-3-10-11-8-15-18-20(16(11)19(24)26-2,13(9-23)17(10)22(15)25)12-6-4-5-7-14(12)21-18/h3-7,11,13,15-18,21,23,25H,8-9H2,1-2H3/b10-3+/t11-,13+,15+,16+,17+,18?,20+/m1/s1. The Bertz CT molecular complexity index is 809. The van der Waals surface area contributed by atoms with Crippen molar-refractivity contribution in [2.75, 3.05) is 19.0 Å². The Balaban J connectivity index is 1.82. The number of hydroxylamine groups is 2. The van der Waals surface area contributed by atoms with Crippen molar-refractivity contribution >= 4 is 11.7 Å². The summed E-state index contributed by atoms with van der Waals surface area (Å²) in [6, 6.07) is 7.55. The van der Waals surface area contributed by atoms with Crippen LogP contribution in [-0.4, -0.2) is 53.2 Å². The number of nitrogens with one attached hydrogen (secondary N) is 1. The van der Waals surface area contributed by atoms with Crippen LogP contribution >= 0.6 is 0 Å². The maximum Gasteiger partial charge on any atom is 0.310 e. The van der Waals surface area contributed by atoms with E-state index in [0.29, 0.717) is 6.42 Å². The molecule has 138 valence electrons. The minimum atomic E-state index is -0.567. The number of carbonyl (C=O) groups excluding carboxylic acids is 1. The molecule has 6 nitrogen and oxygen atoms in total. The first kappa shape index (κ1) is 16.3. The summed E-state index contributed by atoms with van der Waals surface area (Å²) < 4.78 is 5.25. The minimum Gasteiger partial charge on any atom is -0.469 e. The van der Waals surface area contributed by atoms with E-state index in [1.165, 1.54) is 12.2 Å². The quantitative estimate of drug-likeness (QED) is 0.551. The average Bonchev–Trinajstić information content (AvgIpc) is 3.00. The number of esters is 1. The molecule has 2 saturated carbocycles.